The molecule has 0 radical (unpaired) electrons. The van der Waals surface area contributed by atoms with Gasteiger partial charge in [0, 0.05) is 25.2 Å². The van der Waals surface area contributed by atoms with Gasteiger partial charge in [-0.2, -0.15) is 4.98 Å². The van der Waals surface area contributed by atoms with Crippen molar-refractivity contribution < 1.29 is 4.42 Å². The molecule has 1 aromatic carbocycles. The Balaban J connectivity index is 2.80. The number of hydrogen-bond donors (Lipinski definition) is 0. The van der Waals surface area contributed by atoms with Crippen LogP contribution in [-0.4, -0.2) is 19.1 Å². The Labute approximate surface area is 91.1 Å². The third-order valence-corrected chi connectivity index (χ3v) is 2.19. The average Bonchev–Trinajstić information content (AvgIpc) is 2.16. The first kappa shape index (κ1) is 9.98. The maximum absolute atomic E-state index is 11.6. The highest BCUT2D eigenvalue weighted by molar-refractivity contribution is 6.31. The Kier molecular flexibility index (Phi) is 2.36. The standard InChI is InChI=1S/C10H9ClN2O2/c1-13(2)10-12-9(14)7-4-3-6(11)5-8(7)15-10/h3-5H,1-2H3. The van der Waals surface area contributed by atoms with Crippen LogP contribution >= 0.6 is 11.6 Å². The molecule has 2 aromatic rings. The lowest BCUT2D eigenvalue weighted by Gasteiger charge is -2.08. The second-order valence-corrected chi connectivity index (χ2v) is 3.77. The summed E-state index contributed by atoms with van der Waals surface area (Å²) in [4.78, 5) is 17.0. The van der Waals surface area contributed by atoms with Gasteiger partial charge in [0.15, 0.2) is 0 Å². The minimum atomic E-state index is -0.309. The quantitative estimate of drug-likeness (QED) is 0.742. The van der Waals surface area contributed by atoms with E-state index in [9.17, 15) is 4.79 Å². The van der Waals surface area contributed by atoms with Crippen molar-refractivity contribution >= 4 is 28.6 Å². The summed E-state index contributed by atoms with van der Waals surface area (Å²) in [7, 11) is 3.50. The predicted octanol–water partition coefficient (Wildman–Crippen LogP) is 1.91. The second kappa shape index (κ2) is 3.55. The number of hydrogen-bond acceptors (Lipinski definition) is 4. The van der Waals surface area contributed by atoms with Crippen LogP contribution in [0.2, 0.25) is 5.02 Å². The maximum atomic E-state index is 11.6. The van der Waals surface area contributed by atoms with Crippen molar-refractivity contribution in [2.24, 2.45) is 0 Å². The topological polar surface area (TPSA) is 46.3 Å². The van der Waals surface area contributed by atoms with Gasteiger partial charge in [-0.25, -0.2) is 0 Å². The number of anilines is 1. The van der Waals surface area contributed by atoms with Gasteiger partial charge in [0.05, 0.1) is 5.39 Å². The van der Waals surface area contributed by atoms with Gasteiger partial charge >= 0.3 is 6.01 Å². The monoisotopic (exact) mass is 224 g/mol. The fourth-order valence-electron chi connectivity index (χ4n) is 1.22. The van der Waals surface area contributed by atoms with E-state index in [2.05, 4.69) is 4.98 Å². The fourth-order valence-corrected chi connectivity index (χ4v) is 1.38. The molecule has 0 atom stereocenters. The highest BCUT2D eigenvalue weighted by Gasteiger charge is 2.07. The normalized spacial score (nSPS) is 10.6. The van der Waals surface area contributed by atoms with E-state index in [1.54, 1.807) is 37.2 Å². The number of fused-ring (bicyclic) bond motifs is 1. The van der Waals surface area contributed by atoms with Crippen molar-refractivity contribution in [2.45, 2.75) is 0 Å². The Hall–Kier alpha value is -1.55. The largest absolute Gasteiger partial charge is 0.425 e. The molecule has 0 aliphatic carbocycles. The zero-order chi connectivity index (χ0) is 11.0. The van der Waals surface area contributed by atoms with Gasteiger partial charge in [0.25, 0.3) is 5.56 Å². The molecule has 0 unspecified atom stereocenters. The van der Waals surface area contributed by atoms with Crippen LogP contribution in [0.15, 0.2) is 27.4 Å². The first-order chi connectivity index (χ1) is 7.08. The van der Waals surface area contributed by atoms with Gasteiger partial charge in [0.1, 0.15) is 5.58 Å². The van der Waals surface area contributed by atoms with Crippen molar-refractivity contribution in [1.29, 1.82) is 0 Å². The lowest BCUT2D eigenvalue weighted by Crippen LogP contribution is -2.16. The van der Waals surface area contributed by atoms with Gasteiger partial charge < -0.3 is 9.32 Å². The molecule has 78 valence electrons. The van der Waals surface area contributed by atoms with Gasteiger partial charge in [-0.15, -0.1) is 0 Å². The van der Waals surface area contributed by atoms with Crippen molar-refractivity contribution in [3.05, 3.63) is 33.6 Å². The molecule has 15 heavy (non-hydrogen) atoms. The molecule has 0 saturated carbocycles. The van der Waals surface area contributed by atoms with E-state index in [1.807, 2.05) is 0 Å². The van der Waals surface area contributed by atoms with Crippen LogP contribution in [0, 0.1) is 0 Å². The summed E-state index contributed by atoms with van der Waals surface area (Å²) in [6, 6.07) is 5.12. The molecular formula is C10H9ClN2O2. The van der Waals surface area contributed by atoms with Crippen molar-refractivity contribution in [2.75, 3.05) is 19.0 Å². The molecule has 0 saturated heterocycles. The fraction of sp³-hybridized carbons (Fsp3) is 0.200. The molecule has 0 spiro atoms. The highest BCUT2D eigenvalue weighted by atomic mass is 35.5. The first-order valence-corrected chi connectivity index (χ1v) is 4.73. The van der Waals surface area contributed by atoms with E-state index in [4.69, 9.17) is 16.0 Å². The Morgan fingerprint density at radius 3 is 2.80 bits per heavy atom. The van der Waals surface area contributed by atoms with Gasteiger partial charge in [-0.05, 0) is 12.1 Å². The highest BCUT2D eigenvalue weighted by Crippen LogP contribution is 2.19. The maximum Gasteiger partial charge on any atom is 0.300 e. The van der Waals surface area contributed by atoms with Crippen molar-refractivity contribution in [1.82, 2.24) is 4.98 Å². The minimum absolute atomic E-state index is 0.273. The zero-order valence-electron chi connectivity index (χ0n) is 8.32. The van der Waals surface area contributed by atoms with Crippen LogP contribution in [0.1, 0.15) is 0 Å². The van der Waals surface area contributed by atoms with Crippen LogP contribution < -0.4 is 10.5 Å². The molecule has 5 heteroatoms. The van der Waals surface area contributed by atoms with E-state index < -0.39 is 0 Å². The van der Waals surface area contributed by atoms with E-state index in [0.717, 1.165) is 0 Å². The average molecular weight is 225 g/mol. The third-order valence-electron chi connectivity index (χ3n) is 1.96. The number of aromatic nitrogens is 1. The summed E-state index contributed by atoms with van der Waals surface area (Å²) >= 11 is 5.81. The van der Waals surface area contributed by atoms with Crippen LogP contribution in [0.4, 0.5) is 6.01 Å². The summed E-state index contributed by atoms with van der Waals surface area (Å²) < 4.78 is 5.42. The van der Waals surface area contributed by atoms with Crippen molar-refractivity contribution in [3.63, 3.8) is 0 Å². The Bertz CT molecular complexity index is 563. The van der Waals surface area contributed by atoms with Crippen LogP contribution in [0.5, 0.6) is 0 Å². The molecule has 2 rings (SSSR count). The molecular weight excluding hydrogens is 216 g/mol. The van der Waals surface area contributed by atoms with Crippen LogP contribution in [0.25, 0.3) is 11.0 Å². The van der Waals surface area contributed by atoms with Crippen LogP contribution in [-0.2, 0) is 0 Å². The molecule has 0 aliphatic heterocycles. The predicted molar refractivity (Wildman–Crippen MR) is 59.6 cm³/mol. The molecule has 0 amide bonds. The van der Waals surface area contributed by atoms with E-state index in [0.29, 0.717) is 16.0 Å². The number of rotatable bonds is 1. The first-order valence-electron chi connectivity index (χ1n) is 4.35. The lowest BCUT2D eigenvalue weighted by molar-refractivity contribution is 0.573. The lowest BCUT2D eigenvalue weighted by atomic mass is 10.2. The number of benzene rings is 1. The van der Waals surface area contributed by atoms with E-state index in [1.165, 1.54) is 0 Å². The van der Waals surface area contributed by atoms with Crippen molar-refractivity contribution in [3.8, 4) is 0 Å². The molecule has 0 bridgehead atoms. The Morgan fingerprint density at radius 2 is 2.13 bits per heavy atom. The summed E-state index contributed by atoms with van der Waals surface area (Å²) in [5.74, 6) is 0. The summed E-state index contributed by atoms with van der Waals surface area (Å²) in [5.41, 5.74) is 0.141. The van der Waals surface area contributed by atoms with E-state index >= 15 is 0 Å². The smallest absolute Gasteiger partial charge is 0.300 e. The second-order valence-electron chi connectivity index (χ2n) is 3.34. The minimum Gasteiger partial charge on any atom is -0.425 e. The summed E-state index contributed by atoms with van der Waals surface area (Å²) in [6.45, 7) is 0. The number of halogens is 1. The summed E-state index contributed by atoms with van der Waals surface area (Å²) in [6.07, 6.45) is 0. The summed E-state index contributed by atoms with van der Waals surface area (Å²) in [5, 5.41) is 0.964. The van der Waals surface area contributed by atoms with Gasteiger partial charge in [-0.3, -0.25) is 4.79 Å². The molecule has 0 fully saturated rings. The zero-order valence-corrected chi connectivity index (χ0v) is 9.08. The molecule has 1 aromatic heterocycles. The molecule has 0 aliphatic rings. The third kappa shape index (κ3) is 1.80. The number of nitrogens with zero attached hydrogens (tertiary/aromatic N) is 2. The Morgan fingerprint density at radius 1 is 1.40 bits per heavy atom. The van der Waals surface area contributed by atoms with Crippen LogP contribution in [0.3, 0.4) is 0 Å². The van der Waals surface area contributed by atoms with E-state index in [-0.39, 0.29) is 11.6 Å². The SMILES string of the molecule is CN(C)c1nc(=O)c2ccc(Cl)cc2o1. The molecule has 4 nitrogen and oxygen atoms in total. The van der Waals surface area contributed by atoms with Gasteiger partial charge in [0.2, 0.25) is 0 Å². The molecule has 0 N–H and O–H groups in total. The van der Waals surface area contributed by atoms with Gasteiger partial charge in [-0.1, -0.05) is 11.6 Å². The molecule has 1 heterocycles.